The van der Waals surface area contributed by atoms with Crippen molar-refractivity contribution in [3.63, 3.8) is 0 Å². The average molecular weight is 264 g/mol. The Morgan fingerprint density at radius 2 is 2.00 bits per heavy atom. The molecule has 1 aromatic heterocycles. The third-order valence-corrected chi connectivity index (χ3v) is 4.26. The molecule has 0 aliphatic carbocycles. The Hall–Kier alpha value is -1.26. The van der Waals surface area contributed by atoms with E-state index < -0.39 is 0 Å². The largest absolute Gasteiger partial charge is 0.307 e. The van der Waals surface area contributed by atoms with Crippen molar-refractivity contribution in [2.45, 2.75) is 26.8 Å². The zero-order chi connectivity index (χ0) is 13.3. The van der Waals surface area contributed by atoms with E-state index >= 15 is 0 Å². The first-order chi connectivity index (χ1) is 8.52. The zero-order valence-electron chi connectivity index (χ0n) is 11.0. The monoisotopic (exact) mass is 264 g/mol. The van der Waals surface area contributed by atoms with Crippen LogP contribution in [0.2, 0.25) is 0 Å². The second kappa shape index (κ2) is 5.16. The van der Waals surface area contributed by atoms with E-state index in [9.17, 15) is 4.39 Å². The number of nitrogens with one attached hydrogen (secondary N) is 1. The van der Waals surface area contributed by atoms with Crippen molar-refractivity contribution in [1.29, 1.82) is 0 Å². The van der Waals surface area contributed by atoms with Gasteiger partial charge in [0.2, 0.25) is 0 Å². The van der Waals surface area contributed by atoms with Gasteiger partial charge < -0.3 is 5.32 Å². The van der Waals surface area contributed by atoms with Crippen LogP contribution in [-0.2, 0) is 0 Å². The van der Waals surface area contributed by atoms with Gasteiger partial charge >= 0.3 is 0 Å². The number of hydrogen-bond acceptors (Lipinski definition) is 3. The highest BCUT2D eigenvalue weighted by Crippen LogP contribution is 2.29. The van der Waals surface area contributed by atoms with Gasteiger partial charge in [0.1, 0.15) is 10.8 Å². The van der Waals surface area contributed by atoms with Crippen molar-refractivity contribution in [2.75, 3.05) is 7.05 Å². The van der Waals surface area contributed by atoms with E-state index in [1.807, 2.05) is 27.0 Å². The summed E-state index contributed by atoms with van der Waals surface area (Å²) >= 11 is 1.69. The van der Waals surface area contributed by atoms with Crippen molar-refractivity contribution in [3.05, 3.63) is 50.7 Å². The molecule has 0 saturated carbocycles. The highest BCUT2D eigenvalue weighted by Gasteiger charge is 2.18. The third kappa shape index (κ3) is 2.44. The number of benzene rings is 1. The van der Waals surface area contributed by atoms with Gasteiger partial charge in [0.15, 0.2) is 0 Å². The van der Waals surface area contributed by atoms with E-state index in [0.29, 0.717) is 0 Å². The first-order valence-electron chi connectivity index (χ1n) is 5.90. The summed E-state index contributed by atoms with van der Waals surface area (Å²) in [4.78, 5) is 5.81. The lowest BCUT2D eigenvalue weighted by molar-refractivity contribution is 0.620. The fourth-order valence-electron chi connectivity index (χ4n) is 2.00. The SMILES string of the molecule is CNC(c1nc(C)c(C)s1)c1ccc(F)cc1C. The Balaban J connectivity index is 2.45. The zero-order valence-corrected chi connectivity index (χ0v) is 11.9. The molecule has 0 fully saturated rings. The van der Waals surface area contributed by atoms with Crippen molar-refractivity contribution < 1.29 is 4.39 Å². The lowest BCUT2D eigenvalue weighted by Gasteiger charge is -2.16. The van der Waals surface area contributed by atoms with E-state index in [1.54, 1.807) is 17.4 Å². The van der Waals surface area contributed by atoms with Crippen LogP contribution < -0.4 is 5.32 Å². The van der Waals surface area contributed by atoms with Crippen LogP contribution in [0.4, 0.5) is 4.39 Å². The molecule has 2 aromatic rings. The second-order valence-electron chi connectivity index (χ2n) is 4.42. The van der Waals surface area contributed by atoms with Crippen LogP contribution in [-0.4, -0.2) is 12.0 Å². The fourth-order valence-corrected chi connectivity index (χ4v) is 3.05. The summed E-state index contributed by atoms with van der Waals surface area (Å²) in [5.74, 6) is -0.197. The minimum atomic E-state index is -0.197. The average Bonchev–Trinajstić information content (AvgIpc) is 2.63. The number of halogens is 1. The number of aryl methyl sites for hydroxylation is 3. The standard InChI is InChI=1S/C14H17FN2S/c1-8-7-11(15)5-6-12(8)13(16-4)14-17-9(2)10(3)18-14/h5-7,13,16H,1-4H3. The Labute approximate surface area is 111 Å². The molecule has 18 heavy (non-hydrogen) atoms. The maximum absolute atomic E-state index is 13.2. The number of aromatic nitrogens is 1. The van der Waals surface area contributed by atoms with Crippen LogP contribution in [0.5, 0.6) is 0 Å². The molecule has 0 bridgehead atoms. The summed E-state index contributed by atoms with van der Waals surface area (Å²) in [7, 11) is 1.90. The first kappa shape index (κ1) is 13.2. The van der Waals surface area contributed by atoms with Crippen LogP contribution in [0, 0.1) is 26.6 Å². The van der Waals surface area contributed by atoms with Crippen LogP contribution in [0.15, 0.2) is 18.2 Å². The number of nitrogens with zero attached hydrogens (tertiary/aromatic N) is 1. The smallest absolute Gasteiger partial charge is 0.123 e. The van der Waals surface area contributed by atoms with Crippen LogP contribution in [0.3, 0.4) is 0 Å². The van der Waals surface area contributed by atoms with Gasteiger partial charge in [-0.15, -0.1) is 11.3 Å². The van der Waals surface area contributed by atoms with E-state index in [2.05, 4.69) is 17.2 Å². The van der Waals surface area contributed by atoms with E-state index in [0.717, 1.165) is 21.8 Å². The Morgan fingerprint density at radius 1 is 1.28 bits per heavy atom. The Morgan fingerprint density at radius 3 is 2.50 bits per heavy atom. The molecule has 0 radical (unpaired) electrons. The topological polar surface area (TPSA) is 24.9 Å². The molecule has 0 aliphatic rings. The molecule has 1 atom stereocenters. The Kier molecular flexibility index (Phi) is 3.78. The summed E-state index contributed by atoms with van der Waals surface area (Å²) < 4.78 is 13.2. The van der Waals surface area contributed by atoms with Crippen molar-refractivity contribution in [1.82, 2.24) is 10.3 Å². The van der Waals surface area contributed by atoms with Gasteiger partial charge in [-0.2, -0.15) is 0 Å². The van der Waals surface area contributed by atoms with Crippen molar-refractivity contribution in [3.8, 4) is 0 Å². The van der Waals surface area contributed by atoms with Gasteiger partial charge in [-0.25, -0.2) is 9.37 Å². The molecule has 1 aromatic carbocycles. The predicted molar refractivity (Wildman–Crippen MR) is 73.6 cm³/mol. The van der Waals surface area contributed by atoms with Crippen LogP contribution >= 0.6 is 11.3 Å². The predicted octanol–water partition coefficient (Wildman–Crippen LogP) is 3.52. The normalized spacial score (nSPS) is 12.7. The molecule has 1 N–H and O–H groups in total. The highest BCUT2D eigenvalue weighted by atomic mass is 32.1. The minimum Gasteiger partial charge on any atom is -0.307 e. The first-order valence-corrected chi connectivity index (χ1v) is 6.71. The lowest BCUT2D eigenvalue weighted by atomic mass is 10.0. The summed E-state index contributed by atoms with van der Waals surface area (Å²) in [5, 5.41) is 4.29. The second-order valence-corrected chi connectivity index (χ2v) is 5.65. The van der Waals surface area contributed by atoms with Gasteiger partial charge in [0.25, 0.3) is 0 Å². The molecule has 2 rings (SSSR count). The van der Waals surface area contributed by atoms with Gasteiger partial charge in [-0.05, 0) is 51.1 Å². The molecule has 0 aliphatic heterocycles. The van der Waals surface area contributed by atoms with Gasteiger partial charge in [0, 0.05) is 4.88 Å². The van der Waals surface area contributed by atoms with E-state index in [1.165, 1.54) is 10.9 Å². The third-order valence-electron chi connectivity index (χ3n) is 3.12. The molecule has 1 unspecified atom stereocenters. The summed E-state index contributed by atoms with van der Waals surface area (Å²) in [6, 6.07) is 4.92. The highest BCUT2D eigenvalue weighted by molar-refractivity contribution is 7.11. The fraction of sp³-hybridized carbons (Fsp3) is 0.357. The molecular formula is C14H17FN2S. The molecule has 2 nitrogen and oxygen atoms in total. The number of thiazole rings is 1. The van der Waals surface area contributed by atoms with E-state index in [4.69, 9.17) is 0 Å². The van der Waals surface area contributed by atoms with Gasteiger partial charge in [0.05, 0.1) is 11.7 Å². The molecule has 1 heterocycles. The van der Waals surface area contributed by atoms with Crippen molar-refractivity contribution in [2.24, 2.45) is 0 Å². The molecule has 0 amide bonds. The molecule has 0 spiro atoms. The quantitative estimate of drug-likeness (QED) is 0.917. The maximum Gasteiger partial charge on any atom is 0.123 e. The number of hydrogen-bond donors (Lipinski definition) is 1. The molecular weight excluding hydrogens is 247 g/mol. The molecule has 4 heteroatoms. The summed E-state index contributed by atoms with van der Waals surface area (Å²) in [5.41, 5.74) is 3.09. The lowest BCUT2D eigenvalue weighted by Crippen LogP contribution is -2.18. The minimum absolute atomic E-state index is 0.0306. The van der Waals surface area contributed by atoms with Gasteiger partial charge in [-0.3, -0.25) is 0 Å². The van der Waals surface area contributed by atoms with Gasteiger partial charge in [-0.1, -0.05) is 6.07 Å². The maximum atomic E-state index is 13.2. The molecule has 96 valence electrons. The van der Waals surface area contributed by atoms with E-state index in [-0.39, 0.29) is 11.9 Å². The summed E-state index contributed by atoms with van der Waals surface area (Å²) in [6.45, 7) is 6.01. The Bertz CT molecular complexity index is 543. The van der Waals surface area contributed by atoms with Crippen molar-refractivity contribution >= 4 is 11.3 Å². The molecule has 0 saturated heterocycles. The van der Waals surface area contributed by atoms with Crippen LogP contribution in [0.25, 0.3) is 0 Å². The number of rotatable bonds is 3. The van der Waals surface area contributed by atoms with Crippen LogP contribution in [0.1, 0.15) is 32.7 Å². The summed E-state index contributed by atoms with van der Waals surface area (Å²) in [6.07, 6.45) is 0.